The largest absolute Gasteiger partial charge is 0.469 e. The number of esters is 1. The lowest BCUT2D eigenvalue weighted by atomic mass is 9.94. The molecule has 0 aromatic rings. The Balaban J connectivity index is 4.03. The Kier molecular flexibility index (Phi) is 15.2. The van der Waals surface area contributed by atoms with Crippen molar-refractivity contribution in [3.8, 4) is 0 Å². The van der Waals surface area contributed by atoms with Gasteiger partial charge in [-0.1, -0.05) is 117 Å². The minimum absolute atomic E-state index is 0.249. The molecule has 25 heavy (non-hydrogen) atoms. The second kappa shape index (κ2) is 19.8. The molecular weight excluding hydrogens is 308 g/mol. The minimum Gasteiger partial charge on any atom is -0.469 e. The smallest absolute Gasteiger partial charge is 0.308 e. The van der Waals surface area contributed by atoms with Gasteiger partial charge in [0.15, 0.2) is 0 Å². The van der Waals surface area contributed by atoms with Crippen LogP contribution < -0.4 is 0 Å². The number of unbranched alkanes of at least 4 members (excludes halogenated alkanes) is 14. The molecule has 0 aromatic carbocycles. The van der Waals surface area contributed by atoms with Crippen molar-refractivity contribution < 1.29 is 13.6 Å². The molecule has 150 valence electrons. The van der Waals surface area contributed by atoms with Gasteiger partial charge in [0.1, 0.15) is 0 Å². The highest BCUT2D eigenvalue weighted by Gasteiger charge is 2.17. The Bertz CT molecular complexity index is 336. The fraction of sp³-hybridized carbons (Fsp3) is 0.957. The Morgan fingerprint density at radius 2 is 1.04 bits per heavy atom. The number of ether oxygens (including phenoxy) is 1. The highest BCUT2D eigenvalue weighted by atomic mass is 16.5. The Labute approximate surface area is 162 Å². The van der Waals surface area contributed by atoms with Gasteiger partial charge >= 0.3 is 5.97 Å². The molecule has 0 amide bonds. The van der Waals surface area contributed by atoms with Crippen molar-refractivity contribution in [2.75, 3.05) is 7.04 Å². The summed E-state index contributed by atoms with van der Waals surface area (Å²) < 4.78 is 26.3. The maximum absolute atomic E-state index is 12.3. The first-order valence-electron chi connectivity index (χ1n) is 12.6. The van der Waals surface area contributed by atoms with E-state index in [2.05, 4.69) is 13.8 Å². The van der Waals surface area contributed by atoms with E-state index in [1.54, 1.807) is 0 Å². The average molecular weight is 358 g/mol. The maximum atomic E-state index is 12.3. The summed E-state index contributed by atoms with van der Waals surface area (Å²) >= 11 is 0. The number of rotatable bonds is 19. The summed E-state index contributed by atoms with van der Waals surface area (Å²) in [5.41, 5.74) is 0. The fourth-order valence-electron chi connectivity index (χ4n) is 3.51. The van der Waals surface area contributed by atoms with Gasteiger partial charge in [-0.2, -0.15) is 0 Å². The first kappa shape index (κ1) is 19.2. The molecule has 0 bridgehead atoms. The van der Waals surface area contributed by atoms with E-state index in [0.717, 1.165) is 38.5 Å². The molecule has 0 aromatic heterocycles. The summed E-state index contributed by atoms with van der Waals surface area (Å²) in [6.07, 6.45) is 21.1. The minimum atomic E-state index is -2.62. The molecule has 0 aliphatic rings. The lowest BCUT2D eigenvalue weighted by molar-refractivity contribution is -0.146. The second-order valence-electron chi connectivity index (χ2n) is 7.65. The molecule has 0 heterocycles. The molecule has 0 unspecified atom stereocenters. The van der Waals surface area contributed by atoms with Crippen LogP contribution in [0.15, 0.2) is 0 Å². The van der Waals surface area contributed by atoms with E-state index < -0.39 is 13.0 Å². The topological polar surface area (TPSA) is 26.3 Å². The third-order valence-corrected chi connectivity index (χ3v) is 5.25. The van der Waals surface area contributed by atoms with E-state index in [9.17, 15) is 4.79 Å². The normalized spacial score (nSPS) is 13.5. The van der Waals surface area contributed by atoms with Gasteiger partial charge in [0, 0.05) is 0 Å². The van der Waals surface area contributed by atoms with Crippen LogP contribution in [-0.4, -0.2) is 13.0 Å². The van der Waals surface area contributed by atoms with Crippen molar-refractivity contribution in [3.63, 3.8) is 0 Å². The van der Waals surface area contributed by atoms with E-state index in [0.29, 0.717) is 0 Å². The molecule has 0 aliphatic heterocycles. The summed E-state index contributed by atoms with van der Waals surface area (Å²) in [7, 11) is -2.62. The van der Waals surface area contributed by atoms with Crippen LogP contribution in [0.3, 0.4) is 0 Å². The van der Waals surface area contributed by atoms with Crippen molar-refractivity contribution in [1.82, 2.24) is 0 Å². The van der Waals surface area contributed by atoms with Gasteiger partial charge in [0.25, 0.3) is 0 Å². The lowest BCUT2D eigenvalue weighted by Gasteiger charge is -2.14. The van der Waals surface area contributed by atoms with Gasteiger partial charge < -0.3 is 4.74 Å². The molecule has 0 spiro atoms. The summed E-state index contributed by atoms with van der Waals surface area (Å²) in [5, 5.41) is 0. The zero-order valence-corrected chi connectivity index (χ0v) is 17.1. The standard InChI is InChI=1S/C23H46O2/c1-4-6-8-10-12-14-16-18-20-22(23(24)25-3)21-19-17-15-13-11-9-7-5-2/h22H,4-21H2,1-3H3/i3D3. The van der Waals surface area contributed by atoms with Gasteiger partial charge in [0.2, 0.25) is 0 Å². The summed E-state index contributed by atoms with van der Waals surface area (Å²) in [6.45, 7) is 4.45. The zero-order valence-electron chi connectivity index (χ0n) is 20.1. The number of hydrogen-bond acceptors (Lipinski definition) is 2. The number of carbonyl (C=O) groups excluding carboxylic acids is 1. The molecule has 0 saturated heterocycles. The van der Waals surface area contributed by atoms with Crippen LogP contribution in [0.4, 0.5) is 0 Å². The van der Waals surface area contributed by atoms with Crippen LogP contribution in [0.2, 0.25) is 0 Å². The van der Waals surface area contributed by atoms with Crippen molar-refractivity contribution in [1.29, 1.82) is 0 Å². The van der Waals surface area contributed by atoms with Crippen LogP contribution in [0.25, 0.3) is 0 Å². The summed E-state index contributed by atoms with van der Waals surface area (Å²) in [5.74, 6) is -0.772. The molecule has 2 heteroatoms. The summed E-state index contributed by atoms with van der Waals surface area (Å²) in [6, 6.07) is 0. The zero-order chi connectivity index (χ0) is 21.1. The third kappa shape index (κ3) is 16.7. The van der Waals surface area contributed by atoms with Gasteiger partial charge in [-0.3, -0.25) is 4.79 Å². The SMILES string of the molecule is [2H]C([2H])([2H])OC(=O)C(CCCCCCCCCC)CCCCCCCCCC. The molecule has 2 nitrogen and oxygen atoms in total. The van der Waals surface area contributed by atoms with Gasteiger partial charge in [-0.25, -0.2) is 0 Å². The number of methoxy groups -OCH3 is 1. The number of carbonyl (C=O) groups is 1. The molecule has 0 N–H and O–H groups in total. The first-order chi connectivity index (χ1) is 13.4. The third-order valence-electron chi connectivity index (χ3n) is 5.25. The van der Waals surface area contributed by atoms with Crippen LogP contribution in [0, 0.1) is 5.92 Å². The van der Waals surface area contributed by atoms with Crippen LogP contribution in [-0.2, 0) is 9.53 Å². The molecule has 0 radical (unpaired) electrons. The van der Waals surface area contributed by atoms with E-state index in [-0.39, 0.29) is 5.92 Å². The second-order valence-corrected chi connectivity index (χ2v) is 7.65. The molecule has 0 aliphatic carbocycles. The molecule has 0 saturated carbocycles. The highest BCUT2D eigenvalue weighted by molar-refractivity contribution is 5.72. The highest BCUT2D eigenvalue weighted by Crippen LogP contribution is 2.20. The van der Waals surface area contributed by atoms with E-state index in [1.165, 1.54) is 77.0 Å². The fourth-order valence-corrected chi connectivity index (χ4v) is 3.51. The van der Waals surface area contributed by atoms with Crippen molar-refractivity contribution >= 4 is 5.97 Å². The predicted molar refractivity (Wildman–Crippen MR) is 110 cm³/mol. The average Bonchev–Trinajstić information content (AvgIpc) is 2.62. The number of hydrogen-bond donors (Lipinski definition) is 0. The van der Waals surface area contributed by atoms with Gasteiger partial charge in [0.05, 0.1) is 17.1 Å². The maximum Gasteiger partial charge on any atom is 0.308 e. The van der Waals surface area contributed by atoms with E-state index >= 15 is 0 Å². The Hall–Kier alpha value is -0.530. The summed E-state index contributed by atoms with van der Waals surface area (Å²) in [4.78, 5) is 12.3. The monoisotopic (exact) mass is 357 g/mol. The Morgan fingerprint density at radius 3 is 1.40 bits per heavy atom. The van der Waals surface area contributed by atoms with E-state index in [1.807, 2.05) is 0 Å². The molecule has 0 atom stereocenters. The first-order valence-corrected chi connectivity index (χ1v) is 11.1. The van der Waals surface area contributed by atoms with Gasteiger partial charge in [-0.05, 0) is 12.8 Å². The van der Waals surface area contributed by atoms with Crippen LogP contribution in [0.5, 0.6) is 0 Å². The lowest BCUT2D eigenvalue weighted by Crippen LogP contribution is -2.16. The van der Waals surface area contributed by atoms with Gasteiger partial charge in [-0.15, -0.1) is 0 Å². The van der Waals surface area contributed by atoms with Crippen molar-refractivity contribution in [3.05, 3.63) is 0 Å². The van der Waals surface area contributed by atoms with Crippen LogP contribution >= 0.6 is 0 Å². The van der Waals surface area contributed by atoms with Crippen molar-refractivity contribution in [2.24, 2.45) is 5.92 Å². The quantitative estimate of drug-likeness (QED) is 0.174. The molecule has 0 rings (SSSR count). The van der Waals surface area contributed by atoms with E-state index in [4.69, 9.17) is 8.85 Å². The molecule has 0 fully saturated rings. The van der Waals surface area contributed by atoms with Crippen LogP contribution in [0.1, 0.15) is 134 Å². The molecular formula is C23H46O2. The van der Waals surface area contributed by atoms with Crippen molar-refractivity contribution in [2.45, 2.75) is 129 Å². The predicted octanol–water partition coefficient (Wildman–Crippen LogP) is 7.84. The Morgan fingerprint density at radius 1 is 0.680 bits per heavy atom.